The number of hydrogen-bond donors (Lipinski definition) is 1. The molecule has 1 atom stereocenters. The quantitative estimate of drug-likeness (QED) is 0.203. The molecule has 1 heterocycles. The van der Waals surface area contributed by atoms with Crippen molar-refractivity contribution in [3.05, 3.63) is 90.1 Å². The zero-order chi connectivity index (χ0) is 25.3. The van der Waals surface area contributed by atoms with Gasteiger partial charge in [-0.3, -0.25) is 4.55 Å². The highest BCUT2D eigenvalue weighted by Crippen LogP contribution is 2.37. The number of benzene rings is 2. The molecule has 0 fully saturated rings. The average molecular weight is 494 g/mol. The van der Waals surface area contributed by atoms with Crippen LogP contribution in [0.3, 0.4) is 0 Å². The van der Waals surface area contributed by atoms with E-state index in [9.17, 15) is 13.0 Å². The van der Waals surface area contributed by atoms with Crippen LogP contribution in [0, 0.1) is 13.8 Å². The lowest BCUT2D eigenvalue weighted by Crippen LogP contribution is -2.33. The first-order valence-corrected chi connectivity index (χ1v) is 14.0. The van der Waals surface area contributed by atoms with Gasteiger partial charge in [-0.1, -0.05) is 106 Å². The Balaban J connectivity index is 1.64. The van der Waals surface area contributed by atoms with Crippen molar-refractivity contribution >= 4 is 10.1 Å². The van der Waals surface area contributed by atoms with E-state index in [2.05, 4.69) is 23.8 Å². The van der Waals surface area contributed by atoms with Gasteiger partial charge in [0.25, 0.3) is 10.1 Å². The number of aryl methyl sites for hydroxylation is 2. The summed E-state index contributed by atoms with van der Waals surface area (Å²) in [4.78, 5) is 9.02. The highest BCUT2D eigenvalue weighted by Gasteiger charge is 2.42. The third kappa shape index (κ3) is 6.98. The van der Waals surface area contributed by atoms with Crippen LogP contribution in [0.25, 0.3) is 11.4 Å². The van der Waals surface area contributed by atoms with Gasteiger partial charge >= 0.3 is 0 Å². The van der Waals surface area contributed by atoms with Crippen molar-refractivity contribution in [1.82, 2.24) is 9.97 Å². The van der Waals surface area contributed by atoms with Crippen LogP contribution in [0.5, 0.6) is 0 Å². The van der Waals surface area contributed by atoms with E-state index < -0.39 is 14.9 Å². The number of hydrogen-bond acceptors (Lipinski definition) is 4. The number of unbranched alkanes of at least 4 members (excludes halogenated alkanes) is 7. The van der Waals surface area contributed by atoms with Gasteiger partial charge in [-0.25, -0.2) is 9.97 Å². The molecule has 0 amide bonds. The Morgan fingerprint density at radius 2 is 1.29 bits per heavy atom. The maximum Gasteiger partial charge on any atom is 0.279 e. The van der Waals surface area contributed by atoms with Crippen LogP contribution in [-0.4, -0.2) is 22.9 Å². The molecule has 1 unspecified atom stereocenters. The highest BCUT2D eigenvalue weighted by atomic mass is 32.2. The molecule has 5 nitrogen and oxygen atoms in total. The van der Waals surface area contributed by atoms with Gasteiger partial charge in [0.15, 0.2) is 5.82 Å². The zero-order valence-electron chi connectivity index (χ0n) is 20.9. The maximum atomic E-state index is 12.4. The summed E-state index contributed by atoms with van der Waals surface area (Å²) in [5.74, 6) is 0.577. The minimum absolute atomic E-state index is 0.374. The predicted octanol–water partition coefficient (Wildman–Crippen LogP) is 7.10. The third-order valence-electron chi connectivity index (χ3n) is 6.59. The summed E-state index contributed by atoms with van der Waals surface area (Å²) >= 11 is 0. The summed E-state index contributed by atoms with van der Waals surface area (Å²) in [5.41, 5.74) is 3.66. The van der Waals surface area contributed by atoms with Crippen LogP contribution in [-0.2, 0) is 21.3 Å². The lowest BCUT2D eigenvalue weighted by molar-refractivity contribution is 0.461. The Labute approximate surface area is 210 Å². The molecule has 0 bridgehead atoms. The molecule has 0 saturated heterocycles. The fourth-order valence-corrected chi connectivity index (χ4v) is 5.14. The molecule has 0 aliphatic heterocycles. The van der Waals surface area contributed by atoms with Crippen LogP contribution >= 0.6 is 0 Å². The first kappa shape index (κ1) is 27.0. The van der Waals surface area contributed by atoms with Crippen LogP contribution in [0.4, 0.5) is 0 Å². The van der Waals surface area contributed by atoms with Crippen molar-refractivity contribution in [1.29, 1.82) is 0 Å². The van der Waals surface area contributed by atoms with Gasteiger partial charge in [0.1, 0.15) is 4.75 Å². The predicted molar refractivity (Wildman–Crippen MR) is 143 cm³/mol. The van der Waals surface area contributed by atoms with Gasteiger partial charge in [-0.05, 0) is 43.4 Å². The normalized spacial score (nSPS) is 13.5. The number of rotatable bonds is 13. The Bertz CT molecular complexity index is 1160. The molecule has 187 valence electrons. The molecular formula is C29H37N2O3S. The Morgan fingerprint density at radius 1 is 0.800 bits per heavy atom. The molecule has 3 rings (SSSR count). The molecule has 1 N–H and O–H groups in total. The molecule has 1 radical (unpaired) electrons. The molecule has 0 spiro atoms. The molecule has 0 aliphatic carbocycles. The second-order valence-electron chi connectivity index (χ2n) is 9.39. The van der Waals surface area contributed by atoms with Crippen molar-refractivity contribution in [2.45, 2.75) is 76.4 Å². The molecule has 0 aliphatic rings. The third-order valence-corrected chi connectivity index (χ3v) is 7.94. The molecule has 1 aromatic heterocycles. The van der Waals surface area contributed by atoms with E-state index >= 15 is 0 Å². The van der Waals surface area contributed by atoms with E-state index in [4.69, 9.17) is 0 Å². The van der Waals surface area contributed by atoms with Gasteiger partial charge in [0.2, 0.25) is 0 Å². The van der Waals surface area contributed by atoms with Gasteiger partial charge < -0.3 is 0 Å². The van der Waals surface area contributed by atoms with Crippen LogP contribution in [0.15, 0.2) is 60.9 Å². The van der Waals surface area contributed by atoms with Crippen molar-refractivity contribution in [2.24, 2.45) is 0 Å². The SMILES string of the molecule is [CH2]C(c1ccc(C)cc1)(c1ccc(-c2ncc(CCCCCCCCCC)cn2)cc1)S(=O)(=O)O. The summed E-state index contributed by atoms with van der Waals surface area (Å²) in [6, 6.07) is 13.8. The lowest BCUT2D eigenvalue weighted by atomic mass is 9.91. The summed E-state index contributed by atoms with van der Waals surface area (Å²) < 4.78 is 33.0. The average Bonchev–Trinajstić information content (AvgIpc) is 2.85. The Hall–Kier alpha value is -2.57. The monoisotopic (exact) mass is 493 g/mol. The van der Waals surface area contributed by atoms with E-state index in [1.54, 1.807) is 48.5 Å². The number of nitrogens with zero attached hydrogens (tertiary/aromatic N) is 2. The number of aromatic nitrogens is 2. The van der Waals surface area contributed by atoms with Gasteiger partial charge in [0.05, 0.1) is 0 Å². The van der Waals surface area contributed by atoms with Crippen molar-refractivity contribution in [2.75, 3.05) is 0 Å². The Kier molecular flexibility index (Phi) is 9.58. The van der Waals surface area contributed by atoms with Gasteiger partial charge in [0, 0.05) is 18.0 Å². The fourth-order valence-electron chi connectivity index (χ4n) is 4.27. The summed E-state index contributed by atoms with van der Waals surface area (Å²) in [5, 5.41) is 0. The fraction of sp³-hybridized carbons (Fsp3) is 0.414. The smallest absolute Gasteiger partial charge is 0.279 e. The first-order chi connectivity index (χ1) is 16.8. The van der Waals surface area contributed by atoms with E-state index in [1.165, 1.54) is 44.9 Å². The van der Waals surface area contributed by atoms with Gasteiger partial charge in [-0.2, -0.15) is 8.42 Å². The van der Waals surface area contributed by atoms with E-state index in [1.807, 2.05) is 19.3 Å². The minimum Gasteiger partial charge on any atom is -0.285 e. The summed E-state index contributed by atoms with van der Waals surface area (Å²) in [7, 11) is -4.53. The lowest BCUT2D eigenvalue weighted by Gasteiger charge is -2.27. The second-order valence-corrected chi connectivity index (χ2v) is 11.0. The first-order valence-electron chi connectivity index (χ1n) is 12.6. The molecule has 3 aromatic rings. The maximum absolute atomic E-state index is 12.4. The minimum atomic E-state index is -4.53. The molecule has 35 heavy (non-hydrogen) atoms. The standard InChI is InChI=1S/C29H37N2O3S/c1-4-5-6-7-8-9-10-11-12-24-21-30-28(31-22-24)25-15-19-27(20-16-25)29(3,35(32,33)34)26-17-13-23(2)14-18-26/h13-22H,3-12H2,1-2H3,(H,32,33,34). The highest BCUT2D eigenvalue weighted by molar-refractivity contribution is 7.87. The van der Waals surface area contributed by atoms with Crippen LogP contribution < -0.4 is 0 Å². The summed E-state index contributed by atoms with van der Waals surface area (Å²) in [6.07, 6.45) is 15.0. The van der Waals surface area contributed by atoms with E-state index in [-0.39, 0.29) is 0 Å². The van der Waals surface area contributed by atoms with E-state index in [0.717, 1.165) is 29.5 Å². The van der Waals surface area contributed by atoms with Gasteiger partial charge in [-0.15, -0.1) is 0 Å². The molecule has 0 saturated carbocycles. The van der Waals surface area contributed by atoms with Crippen molar-refractivity contribution < 1.29 is 13.0 Å². The van der Waals surface area contributed by atoms with E-state index in [0.29, 0.717) is 17.0 Å². The molecule has 2 aromatic carbocycles. The second kappa shape index (κ2) is 12.4. The topological polar surface area (TPSA) is 80.2 Å². The van der Waals surface area contributed by atoms with Crippen LogP contribution in [0.2, 0.25) is 0 Å². The van der Waals surface area contributed by atoms with Crippen LogP contribution in [0.1, 0.15) is 80.5 Å². The molecule has 6 heteroatoms. The van der Waals surface area contributed by atoms with Crippen molar-refractivity contribution in [3.63, 3.8) is 0 Å². The Morgan fingerprint density at radius 3 is 1.80 bits per heavy atom. The van der Waals surface area contributed by atoms with Crippen molar-refractivity contribution in [3.8, 4) is 11.4 Å². The summed E-state index contributed by atoms with van der Waals surface area (Å²) in [6.45, 7) is 8.07. The zero-order valence-corrected chi connectivity index (χ0v) is 21.7. The molecular weight excluding hydrogens is 456 g/mol. The largest absolute Gasteiger partial charge is 0.285 e.